The molecule has 146 valence electrons. The molecule has 4 rings (SSSR count). The summed E-state index contributed by atoms with van der Waals surface area (Å²) in [7, 11) is 0. The Morgan fingerprint density at radius 1 is 0.929 bits per heavy atom. The molecule has 2 amide bonds. The van der Waals surface area contributed by atoms with Crippen molar-refractivity contribution < 1.29 is 14.3 Å². The number of anilines is 2. The Labute approximate surface area is 165 Å². The van der Waals surface area contributed by atoms with E-state index in [9.17, 15) is 9.59 Å². The van der Waals surface area contributed by atoms with E-state index >= 15 is 0 Å². The van der Waals surface area contributed by atoms with Crippen LogP contribution in [0, 0.1) is 6.92 Å². The molecule has 2 aromatic rings. The third-order valence-electron chi connectivity index (χ3n) is 5.48. The lowest BCUT2D eigenvalue weighted by Crippen LogP contribution is -2.56. The fourth-order valence-electron chi connectivity index (χ4n) is 3.95. The first-order valence-corrected chi connectivity index (χ1v) is 9.68. The molecule has 0 spiro atoms. The fraction of sp³-hybridized carbons (Fsp3) is 0.364. The van der Waals surface area contributed by atoms with E-state index < -0.39 is 6.10 Å². The van der Waals surface area contributed by atoms with E-state index in [0.717, 1.165) is 18.8 Å². The highest BCUT2D eigenvalue weighted by atomic mass is 16.5. The number of carbonyl (C=O) groups excluding carboxylic acids is 2. The molecule has 6 heteroatoms. The van der Waals surface area contributed by atoms with Crippen molar-refractivity contribution in [2.45, 2.75) is 20.0 Å². The topological polar surface area (TPSA) is 53.1 Å². The number of para-hydroxylation sites is 3. The average Bonchev–Trinajstić information content (AvgIpc) is 2.73. The van der Waals surface area contributed by atoms with Gasteiger partial charge in [0.15, 0.2) is 6.10 Å². The van der Waals surface area contributed by atoms with Crippen LogP contribution in [-0.4, -0.2) is 55.5 Å². The Bertz CT molecular complexity index is 890. The highest BCUT2D eigenvalue weighted by Gasteiger charge is 2.36. The highest BCUT2D eigenvalue weighted by Crippen LogP contribution is 2.33. The Hall–Kier alpha value is -3.02. The molecule has 0 saturated carbocycles. The molecule has 0 N–H and O–H groups in total. The second kappa shape index (κ2) is 7.54. The van der Waals surface area contributed by atoms with Gasteiger partial charge < -0.3 is 19.4 Å². The van der Waals surface area contributed by atoms with Crippen LogP contribution in [0.2, 0.25) is 0 Å². The van der Waals surface area contributed by atoms with Crippen molar-refractivity contribution in [1.29, 1.82) is 0 Å². The summed E-state index contributed by atoms with van der Waals surface area (Å²) in [6.07, 6.45) is -0.663. The molecular weight excluding hydrogens is 354 g/mol. The number of rotatable bonds is 2. The number of amides is 2. The summed E-state index contributed by atoms with van der Waals surface area (Å²) in [5, 5.41) is 0. The van der Waals surface area contributed by atoms with Gasteiger partial charge in [-0.1, -0.05) is 30.3 Å². The lowest BCUT2D eigenvalue weighted by atomic mass is 10.1. The second-order valence-corrected chi connectivity index (χ2v) is 7.30. The van der Waals surface area contributed by atoms with Crippen molar-refractivity contribution in [3.8, 4) is 5.75 Å². The number of ether oxygens (including phenoxy) is 1. The van der Waals surface area contributed by atoms with Crippen LogP contribution in [0.25, 0.3) is 0 Å². The third-order valence-corrected chi connectivity index (χ3v) is 5.48. The standard InChI is InChI=1S/C22H25N3O3/c1-16-7-3-4-8-18(16)23-11-13-24(14-12-23)22(27)21-15-25(17(2)26)19-9-5-6-10-20(19)28-21/h3-10,21H,11-15H2,1-2H3. The maximum Gasteiger partial charge on any atom is 0.265 e. The quantitative estimate of drug-likeness (QED) is 0.804. The van der Waals surface area contributed by atoms with Gasteiger partial charge >= 0.3 is 0 Å². The first kappa shape index (κ1) is 18.3. The van der Waals surface area contributed by atoms with E-state index in [1.807, 2.05) is 35.2 Å². The summed E-state index contributed by atoms with van der Waals surface area (Å²) >= 11 is 0. The molecule has 2 aliphatic rings. The first-order chi connectivity index (χ1) is 13.5. The van der Waals surface area contributed by atoms with Gasteiger partial charge in [-0.2, -0.15) is 0 Å². The smallest absolute Gasteiger partial charge is 0.265 e. The zero-order chi connectivity index (χ0) is 19.7. The Balaban J connectivity index is 1.45. The number of aryl methyl sites for hydroxylation is 1. The van der Waals surface area contributed by atoms with Gasteiger partial charge in [-0.15, -0.1) is 0 Å². The molecule has 1 atom stereocenters. The van der Waals surface area contributed by atoms with Gasteiger partial charge in [0.25, 0.3) is 5.91 Å². The Morgan fingerprint density at radius 2 is 1.57 bits per heavy atom. The number of carbonyl (C=O) groups is 2. The van der Waals surface area contributed by atoms with Crippen LogP contribution in [0.4, 0.5) is 11.4 Å². The van der Waals surface area contributed by atoms with Gasteiger partial charge in [0.05, 0.1) is 12.2 Å². The molecule has 1 saturated heterocycles. The van der Waals surface area contributed by atoms with Crippen LogP contribution in [0.5, 0.6) is 5.75 Å². The predicted octanol–water partition coefficient (Wildman–Crippen LogP) is 2.46. The van der Waals surface area contributed by atoms with Crippen molar-refractivity contribution in [2.75, 3.05) is 42.5 Å². The van der Waals surface area contributed by atoms with E-state index in [1.54, 1.807) is 11.0 Å². The molecule has 2 aliphatic heterocycles. The first-order valence-electron chi connectivity index (χ1n) is 9.68. The van der Waals surface area contributed by atoms with Crippen LogP contribution >= 0.6 is 0 Å². The fourth-order valence-corrected chi connectivity index (χ4v) is 3.95. The number of nitrogens with zero attached hydrogens (tertiary/aromatic N) is 3. The molecule has 28 heavy (non-hydrogen) atoms. The van der Waals surface area contributed by atoms with Gasteiger partial charge in [-0.05, 0) is 30.7 Å². The normalized spacial score (nSPS) is 19.1. The summed E-state index contributed by atoms with van der Waals surface area (Å²) in [6.45, 7) is 6.75. The van der Waals surface area contributed by atoms with Crippen LogP contribution < -0.4 is 14.5 Å². The molecular formula is C22H25N3O3. The third kappa shape index (κ3) is 3.42. The van der Waals surface area contributed by atoms with E-state index in [0.29, 0.717) is 18.8 Å². The molecule has 1 unspecified atom stereocenters. The summed E-state index contributed by atoms with van der Waals surface area (Å²) in [5.41, 5.74) is 3.19. The molecule has 2 aromatic carbocycles. The largest absolute Gasteiger partial charge is 0.476 e. The molecule has 0 aromatic heterocycles. The minimum atomic E-state index is -0.663. The van der Waals surface area contributed by atoms with Crippen LogP contribution in [-0.2, 0) is 9.59 Å². The number of benzene rings is 2. The Morgan fingerprint density at radius 3 is 2.25 bits per heavy atom. The van der Waals surface area contributed by atoms with Crippen molar-refractivity contribution in [3.05, 3.63) is 54.1 Å². The van der Waals surface area contributed by atoms with Gasteiger partial charge in [0.1, 0.15) is 5.75 Å². The lowest BCUT2D eigenvalue weighted by Gasteiger charge is -2.40. The maximum atomic E-state index is 13.1. The number of fused-ring (bicyclic) bond motifs is 1. The second-order valence-electron chi connectivity index (χ2n) is 7.30. The average molecular weight is 379 g/mol. The zero-order valence-corrected chi connectivity index (χ0v) is 16.3. The van der Waals surface area contributed by atoms with E-state index in [1.165, 1.54) is 18.2 Å². The summed E-state index contributed by atoms with van der Waals surface area (Å²) in [4.78, 5) is 31.0. The van der Waals surface area contributed by atoms with Crippen LogP contribution in [0.15, 0.2) is 48.5 Å². The van der Waals surface area contributed by atoms with E-state index in [2.05, 4.69) is 24.0 Å². The van der Waals surface area contributed by atoms with Gasteiger partial charge in [-0.3, -0.25) is 9.59 Å². The van der Waals surface area contributed by atoms with Crippen molar-refractivity contribution in [1.82, 2.24) is 4.90 Å². The highest BCUT2D eigenvalue weighted by molar-refractivity contribution is 5.96. The van der Waals surface area contributed by atoms with E-state index in [4.69, 9.17) is 4.74 Å². The van der Waals surface area contributed by atoms with E-state index in [-0.39, 0.29) is 18.4 Å². The maximum absolute atomic E-state index is 13.1. The van der Waals surface area contributed by atoms with Crippen LogP contribution in [0.1, 0.15) is 12.5 Å². The summed E-state index contributed by atoms with van der Waals surface area (Å²) in [5.74, 6) is 0.448. The zero-order valence-electron chi connectivity index (χ0n) is 16.3. The minimum absolute atomic E-state index is 0.0508. The summed E-state index contributed by atoms with van der Waals surface area (Å²) in [6, 6.07) is 15.7. The molecule has 0 aliphatic carbocycles. The molecule has 6 nitrogen and oxygen atoms in total. The number of hydrogen-bond acceptors (Lipinski definition) is 4. The minimum Gasteiger partial charge on any atom is -0.476 e. The Kier molecular flexibility index (Phi) is 4.94. The number of piperazine rings is 1. The SMILES string of the molecule is CC(=O)N1CC(C(=O)N2CCN(c3ccccc3C)CC2)Oc2ccccc21. The van der Waals surface area contributed by atoms with Crippen LogP contribution in [0.3, 0.4) is 0 Å². The predicted molar refractivity (Wildman–Crippen MR) is 109 cm³/mol. The monoisotopic (exact) mass is 379 g/mol. The summed E-state index contributed by atoms with van der Waals surface area (Å²) < 4.78 is 5.96. The lowest BCUT2D eigenvalue weighted by molar-refractivity contribution is -0.139. The van der Waals surface area contributed by atoms with Crippen molar-refractivity contribution in [2.24, 2.45) is 0 Å². The van der Waals surface area contributed by atoms with Gasteiger partial charge in [0, 0.05) is 38.8 Å². The molecule has 1 fully saturated rings. The number of hydrogen-bond donors (Lipinski definition) is 0. The van der Waals surface area contributed by atoms with Gasteiger partial charge in [0.2, 0.25) is 5.91 Å². The molecule has 0 bridgehead atoms. The van der Waals surface area contributed by atoms with Crippen molar-refractivity contribution in [3.63, 3.8) is 0 Å². The molecule has 0 radical (unpaired) electrons. The van der Waals surface area contributed by atoms with Gasteiger partial charge in [-0.25, -0.2) is 0 Å². The molecule has 2 heterocycles. The van der Waals surface area contributed by atoms with Crippen molar-refractivity contribution >= 4 is 23.2 Å².